The molecule has 0 spiro atoms. The topological polar surface area (TPSA) is 52.0 Å². The molecule has 4 N–H and O–H groups in total. The molecule has 0 saturated carbocycles. The van der Waals surface area contributed by atoms with Gasteiger partial charge in [0.05, 0.1) is 0 Å². The molecule has 0 aromatic rings. The Balaban J connectivity index is -0.000000245. The summed E-state index contributed by atoms with van der Waals surface area (Å²) in [5, 5.41) is 0. The summed E-state index contributed by atoms with van der Waals surface area (Å²) in [6, 6.07) is 0. The number of halogens is 1. The molecule has 10 heavy (non-hydrogen) atoms. The Bertz CT molecular complexity index is 70.7. The molecule has 4 heteroatoms. The first-order chi connectivity index (χ1) is 3.25. The van der Waals surface area contributed by atoms with E-state index in [2.05, 4.69) is 0 Å². The molecule has 2 nitrogen and oxygen atoms in total. The van der Waals surface area contributed by atoms with Crippen LogP contribution in [0.5, 0.6) is 0 Å². The third-order valence-corrected chi connectivity index (χ3v) is 1.66. The third-order valence-electron chi connectivity index (χ3n) is 1.66. The van der Waals surface area contributed by atoms with E-state index in [9.17, 15) is 0 Å². The largest absolute Gasteiger partial charge is 1.00 e. The molecule has 0 aromatic heterocycles. The Morgan fingerprint density at radius 2 is 0.900 bits per heavy atom. The maximum absolute atomic E-state index is 5.69. The smallest absolute Gasteiger partial charge is 1.00 e. The molecule has 0 rings (SSSR count). The predicted octanol–water partition coefficient (Wildman–Crippen LogP) is -2.54. The SMILES string of the molecule is CC(C)(N)C(C)(C)N.[Cu+].[I-]. The minimum atomic E-state index is -0.285. The van der Waals surface area contributed by atoms with Gasteiger partial charge >= 0.3 is 17.1 Å². The van der Waals surface area contributed by atoms with Crippen molar-refractivity contribution in [3.8, 4) is 0 Å². The van der Waals surface area contributed by atoms with Gasteiger partial charge in [0.1, 0.15) is 0 Å². The predicted molar refractivity (Wildman–Crippen MR) is 36.5 cm³/mol. The molecular formula is C6H16CuIN2. The van der Waals surface area contributed by atoms with Crippen LogP contribution in [-0.4, -0.2) is 11.1 Å². The Morgan fingerprint density at radius 3 is 0.900 bits per heavy atom. The fraction of sp³-hybridized carbons (Fsp3) is 1.00. The van der Waals surface area contributed by atoms with E-state index in [1.165, 1.54) is 0 Å². The number of hydrogen-bond acceptors (Lipinski definition) is 2. The zero-order valence-corrected chi connectivity index (χ0v) is 9.93. The molecule has 0 atom stereocenters. The number of nitrogens with two attached hydrogens (primary N) is 2. The molecule has 0 amide bonds. The molecular weight excluding hydrogens is 291 g/mol. The van der Waals surface area contributed by atoms with Crippen LogP contribution >= 0.6 is 0 Å². The van der Waals surface area contributed by atoms with Gasteiger partial charge < -0.3 is 35.4 Å². The van der Waals surface area contributed by atoms with Gasteiger partial charge in [0.25, 0.3) is 0 Å². The molecule has 0 aliphatic rings. The monoisotopic (exact) mass is 306 g/mol. The average molecular weight is 307 g/mol. The van der Waals surface area contributed by atoms with Gasteiger partial charge in [-0.05, 0) is 27.7 Å². The molecule has 68 valence electrons. The van der Waals surface area contributed by atoms with Crippen molar-refractivity contribution in [3.63, 3.8) is 0 Å². The quantitative estimate of drug-likeness (QED) is 0.414. The van der Waals surface area contributed by atoms with Crippen LogP contribution in [0.3, 0.4) is 0 Å². The van der Waals surface area contributed by atoms with Crippen LogP contribution in [0.4, 0.5) is 0 Å². The van der Waals surface area contributed by atoms with Gasteiger partial charge in [0.15, 0.2) is 0 Å². The molecule has 0 unspecified atom stereocenters. The first-order valence-electron chi connectivity index (χ1n) is 2.83. The standard InChI is InChI=1S/C6H16N2.Cu.HI/c1-5(2,7)6(3,4)8;;/h7-8H2,1-4H3;;1H/q;+1;/p-1. The summed E-state index contributed by atoms with van der Waals surface area (Å²) in [6.45, 7) is 7.69. The van der Waals surface area contributed by atoms with Crippen molar-refractivity contribution in [3.05, 3.63) is 0 Å². The fourth-order valence-electron chi connectivity index (χ4n) is 0. The van der Waals surface area contributed by atoms with Crippen LogP contribution < -0.4 is 35.4 Å². The summed E-state index contributed by atoms with van der Waals surface area (Å²) in [7, 11) is 0. The van der Waals surface area contributed by atoms with Crippen LogP contribution in [0.25, 0.3) is 0 Å². The minimum absolute atomic E-state index is 0. The van der Waals surface area contributed by atoms with Crippen LogP contribution in [0.15, 0.2) is 0 Å². The zero-order valence-electron chi connectivity index (χ0n) is 6.83. The Labute approximate surface area is 91.0 Å². The summed E-state index contributed by atoms with van der Waals surface area (Å²) >= 11 is 0. The van der Waals surface area contributed by atoms with Crippen molar-refractivity contribution < 1.29 is 41.0 Å². The van der Waals surface area contributed by atoms with Gasteiger partial charge in [-0.15, -0.1) is 0 Å². The van der Waals surface area contributed by atoms with E-state index in [1.807, 2.05) is 27.7 Å². The van der Waals surface area contributed by atoms with Crippen molar-refractivity contribution in [2.45, 2.75) is 38.8 Å². The Hall–Kier alpha value is 1.17. The molecule has 0 bridgehead atoms. The van der Waals surface area contributed by atoms with Gasteiger partial charge in [0.2, 0.25) is 0 Å². The molecule has 0 aliphatic carbocycles. The first-order valence-corrected chi connectivity index (χ1v) is 2.83. The van der Waals surface area contributed by atoms with Crippen molar-refractivity contribution in [1.82, 2.24) is 0 Å². The second-order valence-corrected chi connectivity index (χ2v) is 3.44. The number of rotatable bonds is 1. The normalized spacial score (nSPS) is 11.4. The van der Waals surface area contributed by atoms with E-state index in [4.69, 9.17) is 11.5 Å². The van der Waals surface area contributed by atoms with Crippen LogP contribution in [0.2, 0.25) is 0 Å². The summed E-state index contributed by atoms with van der Waals surface area (Å²) < 4.78 is 0. The van der Waals surface area contributed by atoms with Gasteiger partial charge in [0, 0.05) is 11.1 Å². The molecule has 0 saturated heterocycles. The summed E-state index contributed by atoms with van der Waals surface area (Å²) in [4.78, 5) is 0. The second kappa shape index (κ2) is 4.93. The summed E-state index contributed by atoms with van der Waals surface area (Å²) in [5.74, 6) is 0. The molecule has 0 aliphatic heterocycles. The molecule has 0 heterocycles. The van der Waals surface area contributed by atoms with E-state index >= 15 is 0 Å². The molecule has 0 fully saturated rings. The van der Waals surface area contributed by atoms with E-state index in [1.54, 1.807) is 0 Å². The maximum atomic E-state index is 5.69. The average Bonchev–Trinajstić information content (AvgIpc) is 1.25. The van der Waals surface area contributed by atoms with Crippen molar-refractivity contribution in [1.29, 1.82) is 0 Å². The first kappa shape index (κ1) is 17.3. The summed E-state index contributed by atoms with van der Waals surface area (Å²) in [6.07, 6.45) is 0. The van der Waals surface area contributed by atoms with E-state index < -0.39 is 0 Å². The zero-order chi connectivity index (χ0) is 7.00. The minimum Gasteiger partial charge on any atom is -1.00 e. The van der Waals surface area contributed by atoms with Gasteiger partial charge in [-0.25, -0.2) is 0 Å². The van der Waals surface area contributed by atoms with Crippen molar-refractivity contribution >= 4 is 0 Å². The molecule has 0 radical (unpaired) electrons. The third kappa shape index (κ3) is 5.92. The van der Waals surface area contributed by atoms with Gasteiger partial charge in [-0.1, -0.05) is 0 Å². The van der Waals surface area contributed by atoms with E-state index in [-0.39, 0.29) is 52.1 Å². The van der Waals surface area contributed by atoms with Crippen molar-refractivity contribution in [2.75, 3.05) is 0 Å². The van der Waals surface area contributed by atoms with Gasteiger partial charge in [-0.3, -0.25) is 0 Å². The van der Waals surface area contributed by atoms with Crippen LogP contribution in [0, 0.1) is 0 Å². The Kier molecular flexibility index (Phi) is 8.53. The van der Waals surface area contributed by atoms with Crippen LogP contribution in [0.1, 0.15) is 27.7 Å². The van der Waals surface area contributed by atoms with Crippen molar-refractivity contribution in [2.24, 2.45) is 11.5 Å². The second-order valence-electron chi connectivity index (χ2n) is 3.44. The van der Waals surface area contributed by atoms with Gasteiger partial charge in [-0.2, -0.15) is 0 Å². The Morgan fingerprint density at radius 1 is 0.800 bits per heavy atom. The summed E-state index contributed by atoms with van der Waals surface area (Å²) in [5.41, 5.74) is 10.8. The van der Waals surface area contributed by atoms with Crippen LogP contribution in [-0.2, 0) is 17.1 Å². The molecule has 0 aromatic carbocycles. The number of hydrogen-bond donors (Lipinski definition) is 2. The van der Waals surface area contributed by atoms with E-state index in [0.29, 0.717) is 0 Å². The van der Waals surface area contributed by atoms with E-state index in [0.717, 1.165) is 0 Å². The fourth-order valence-corrected chi connectivity index (χ4v) is 0. The maximum Gasteiger partial charge on any atom is 1.00 e.